The van der Waals surface area contributed by atoms with Gasteiger partial charge in [-0.15, -0.1) is 0 Å². The number of anilines is 1. The lowest BCUT2D eigenvalue weighted by Crippen LogP contribution is -2.12. The fourth-order valence-corrected chi connectivity index (χ4v) is 1.77. The summed E-state index contributed by atoms with van der Waals surface area (Å²) in [6.07, 6.45) is -0.476. The highest BCUT2D eigenvalue weighted by Gasteiger charge is 2.06. The summed E-state index contributed by atoms with van der Waals surface area (Å²) in [6, 6.07) is 17.8. The number of hydrogen-bond acceptors (Lipinski definition) is 2. The van der Waals surface area contributed by atoms with Crippen LogP contribution in [0.2, 0.25) is 0 Å². The van der Waals surface area contributed by atoms with E-state index in [0.29, 0.717) is 6.54 Å². The van der Waals surface area contributed by atoms with Gasteiger partial charge in [0.15, 0.2) is 0 Å². The van der Waals surface area contributed by atoms with E-state index >= 15 is 0 Å². The zero-order valence-electron chi connectivity index (χ0n) is 9.93. The number of rotatable bonds is 4. The molecule has 2 rings (SSSR count). The molecule has 1 unspecified atom stereocenters. The minimum absolute atomic E-state index is 0.476. The lowest BCUT2D eigenvalue weighted by atomic mass is 10.1. The summed E-state index contributed by atoms with van der Waals surface area (Å²) in [7, 11) is 0. The first-order valence-corrected chi connectivity index (χ1v) is 5.80. The molecule has 17 heavy (non-hydrogen) atoms. The third-order valence-electron chi connectivity index (χ3n) is 2.82. The van der Waals surface area contributed by atoms with Crippen molar-refractivity contribution in [2.45, 2.75) is 13.0 Å². The second-order valence-electron chi connectivity index (χ2n) is 4.12. The first-order valence-electron chi connectivity index (χ1n) is 5.80. The summed E-state index contributed by atoms with van der Waals surface area (Å²) >= 11 is 0. The van der Waals surface area contributed by atoms with Gasteiger partial charge >= 0.3 is 0 Å². The van der Waals surface area contributed by atoms with Crippen LogP contribution in [0.1, 0.15) is 17.2 Å². The molecule has 0 aliphatic carbocycles. The highest BCUT2D eigenvalue weighted by Crippen LogP contribution is 2.16. The van der Waals surface area contributed by atoms with Gasteiger partial charge in [-0.3, -0.25) is 0 Å². The Balaban J connectivity index is 1.97. The molecule has 0 radical (unpaired) electrons. The molecule has 1 atom stereocenters. The number of aryl methyl sites for hydroxylation is 1. The average Bonchev–Trinajstić information content (AvgIpc) is 2.38. The Bertz CT molecular complexity index is 467. The van der Waals surface area contributed by atoms with Gasteiger partial charge < -0.3 is 10.4 Å². The molecule has 0 saturated heterocycles. The van der Waals surface area contributed by atoms with Crippen LogP contribution in [-0.4, -0.2) is 11.7 Å². The van der Waals surface area contributed by atoms with Crippen LogP contribution in [0.25, 0.3) is 0 Å². The van der Waals surface area contributed by atoms with E-state index in [-0.39, 0.29) is 0 Å². The van der Waals surface area contributed by atoms with Gasteiger partial charge in [0.1, 0.15) is 0 Å². The van der Waals surface area contributed by atoms with Crippen molar-refractivity contribution in [3.63, 3.8) is 0 Å². The number of aliphatic hydroxyl groups is 1. The monoisotopic (exact) mass is 227 g/mol. The van der Waals surface area contributed by atoms with E-state index in [1.165, 1.54) is 5.56 Å². The third kappa shape index (κ3) is 3.08. The number of nitrogens with one attached hydrogen (secondary N) is 1. The molecule has 0 spiro atoms. The number of para-hydroxylation sites is 1. The Morgan fingerprint density at radius 3 is 2.35 bits per heavy atom. The second kappa shape index (κ2) is 5.51. The summed E-state index contributed by atoms with van der Waals surface area (Å²) in [6.45, 7) is 2.58. The third-order valence-corrected chi connectivity index (χ3v) is 2.82. The van der Waals surface area contributed by atoms with Crippen LogP contribution in [0, 0.1) is 6.92 Å². The highest BCUT2D eigenvalue weighted by molar-refractivity contribution is 5.50. The molecule has 0 aliphatic heterocycles. The molecule has 0 bridgehead atoms. The van der Waals surface area contributed by atoms with Crippen molar-refractivity contribution in [3.05, 3.63) is 65.7 Å². The first-order chi connectivity index (χ1) is 8.27. The molecule has 0 heterocycles. The number of hydrogen-bond donors (Lipinski definition) is 2. The van der Waals surface area contributed by atoms with Gasteiger partial charge in [0.05, 0.1) is 6.10 Å². The van der Waals surface area contributed by atoms with Crippen molar-refractivity contribution < 1.29 is 5.11 Å². The van der Waals surface area contributed by atoms with E-state index in [0.717, 1.165) is 11.3 Å². The Morgan fingerprint density at radius 1 is 1.00 bits per heavy atom. The van der Waals surface area contributed by atoms with E-state index in [4.69, 9.17) is 0 Å². The van der Waals surface area contributed by atoms with Gasteiger partial charge in [-0.05, 0) is 24.1 Å². The number of benzene rings is 2. The predicted octanol–water partition coefficient (Wildman–Crippen LogP) is 3.14. The van der Waals surface area contributed by atoms with E-state index in [1.807, 2.05) is 48.5 Å². The Kier molecular flexibility index (Phi) is 3.78. The standard InChI is InChI=1S/C15H17NO/c1-12-7-5-6-10-14(12)16-11-15(17)13-8-3-2-4-9-13/h2-10,15-17H,11H2,1H3. The molecule has 88 valence electrons. The van der Waals surface area contributed by atoms with Crippen LogP contribution < -0.4 is 5.32 Å². The van der Waals surface area contributed by atoms with Crippen molar-refractivity contribution >= 4 is 5.69 Å². The van der Waals surface area contributed by atoms with Crippen molar-refractivity contribution in [1.29, 1.82) is 0 Å². The van der Waals surface area contributed by atoms with Crippen LogP contribution in [0.15, 0.2) is 54.6 Å². The van der Waals surface area contributed by atoms with Gasteiger partial charge in [0, 0.05) is 12.2 Å². The minimum Gasteiger partial charge on any atom is -0.387 e. The predicted molar refractivity (Wildman–Crippen MR) is 71.1 cm³/mol. The fourth-order valence-electron chi connectivity index (χ4n) is 1.77. The summed E-state index contributed by atoms with van der Waals surface area (Å²) in [4.78, 5) is 0. The van der Waals surface area contributed by atoms with Crippen LogP contribution in [-0.2, 0) is 0 Å². The molecule has 0 fully saturated rings. The van der Waals surface area contributed by atoms with Crippen LogP contribution in [0.4, 0.5) is 5.69 Å². The Morgan fingerprint density at radius 2 is 1.65 bits per heavy atom. The zero-order chi connectivity index (χ0) is 12.1. The zero-order valence-corrected chi connectivity index (χ0v) is 9.93. The summed E-state index contributed by atoms with van der Waals surface area (Å²) in [5.41, 5.74) is 3.20. The lowest BCUT2D eigenvalue weighted by molar-refractivity contribution is 0.191. The molecule has 2 aromatic rings. The summed E-state index contributed by atoms with van der Waals surface area (Å²) in [5.74, 6) is 0. The maximum atomic E-state index is 10.0. The van der Waals surface area contributed by atoms with E-state index in [2.05, 4.69) is 18.3 Å². The minimum atomic E-state index is -0.476. The first kappa shape index (κ1) is 11.7. The molecule has 2 nitrogen and oxygen atoms in total. The smallest absolute Gasteiger partial charge is 0.0962 e. The van der Waals surface area contributed by atoms with Crippen LogP contribution >= 0.6 is 0 Å². The molecule has 2 N–H and O–H groups in total. The van der Waals surface area contributed by atoms with Gasteiger partial charge in [-0.2, -0.15) is 0 Å². The molecule has 0 aliphatic rings. The van der Waals surface area contributed by atoms with E-state index in [9.17, 15) is 5.11 Å². The average molecular weight is 227 g/mol. The Hall–Kier alpha value is -1.80. The quantitative estimate of drug-likeness (QED) is 0.841. The maximum Gasteiger partial charge on any atom is 0.0962 e. The van der Waals surface area contributed by atoms with Gasteiger partial charge in [-0.1, -0.05) is 48.5 Å². The molecule has 0 amide bonds. The van der Waals surface area contributed by atoms with Crippen LogP contribution in [0.3, 0.4) is 0 Å². The largest absolute Gasteiger partial charge is 0.387 e. The normalized spacial score (nSPS) is 12.1. The molecule has 2 aromatic carbocycles. The van der Waals surface area contributed by atoms with E-state index < -0.39 is 6.10 Å². The fraction of sp³-hybridized carbons (Fsp3) is 0.200. The van der Waals surface area contributed by atoms with Crippen molar-refractivity contribution in [2.75, 3.05) is 11.9 Å². The number of aliphatic hydroxyl groups excluding tert-OH is 1. The molecular weight excluding hydrogens is 210 g/mol. The Labute approximate surface area is 102 Å². The summed E-state index contributed by atoms with van der Waals surface area (Å²) in [5, 5.41) is 13.3. The van der Waals surface area contributed by atoms with Gasteiger partial charge in [0.2, 0.25) is 0 Å². The van der Waals surface area contributed by atoms with Crippen LogP contribution in [0.5, 0.6) is 0 Å². The molecule has 0 aromatic heterocycles. The second-order valence-corrected chi connectivity index (χ2v) is 4.12. The maximum absolute atomic E-state index is 10.0. The van der Waals surface area contributed by atoms with E-state index in [1.54, 1.807) is 0 Å². The van der Waals surface area contributed by atoms with Crippen molar-refractivity contribution in [3.8, 4) is 0 Å². The molecule has 0 saturated carbocycles. The summed E-state index contributed by atoms with van der Waals surface area (Å²) < 4.78 is 0. The highest BCUT2D eigenvalue weighted by atomic mass is 16.3. The van der Waals surface area contributed by atoms with Gasteiger partial charge in [0.25, 0.3) is 0 Å². The van der Waals surface area contributed by atoms with Crippen molar-refractivity contribution in [2.24, 2.45) is 0 Å². The molecule has 2 heteroatoms. The lowest BCUT2D eigenvalue weighted by Gasteiger charge is -2.14. The SMILES string of the molecule is Cc1ccccc1NCC(O)c1ccccc1. The topological polar surface area (TPSA) is 32.3 Å². The van der Waals surface area contributed by atoms with Crippen molar-refractivity contribution in [1.82, 2.24) is 0 Å². The van der Waals surface area contributed by atoms with Gasteiger partial charge in [-0.25, -0.2) is 0 Å². The molecular formula is C15H17NO.